The van der Waals surface area contributed by atoms with Crippen molar-refractivity contribution in [2.75, 3.05) is 11.9 Å². The topological polar surface area (TPSA) is 105 Å². The molecule has 6 nitrogen and oxygen atoms in total. The summed E-state index contributed by atoms with van der Waals surface area (Å²) in [6.45, 7) is 0.572. The number of pyridine rings is 1. The zero-order valence-corrected chi connectivity index (χ0v) is 8.64. The molecule has 16 heavy (non-hydrogen) atoms. The van der Waals surface area contributed by atoms with Gasteiger partial charge in [0.05, 0.1) is 5.56 Å². The lowest BCUT2D eigenvalue weighted by Gasteiger charge is -2.04. The Labute approximate surface area is 92.5 Å². The van der Waals surface area contributed by atoms with Crippen molar-refractivity contribution in [3.8, 4) is 0 Å². The van der Waals surface area contributed by atoms with E-state index in [4.69, 9.17) is 10.8 Å². The minimum Gasteiger partial charge on any atom is -0.478 e. The van der Waals surface area contributed by atoms with Gasteiger partial charge >= 0.3 is 5.97 Å². The maximum atomic E-state index is 10.5. The number of hydrogen-bond acceptors (Lipinski definition) is 4. The number of amides is 1. The molecule has 0 bridgehead atoms. The molecule has 1 heterocycles. The summed E-state index contributed by atoms with van der Waals surface area (Å²) in [6, 6.07) is 3.04. The van der Waals surface area contributed by atoms with Crippen LogP contribution in [0, 0.1) is 0 Å². The molecule has 1 aromatic heterocycles. The molecule has 0 aliphatic carbocycles. The van der Waals surface area contributed by atoms with Crippen molar-refractivity contribution in [1.29, 1.82) is 0 Å². The molecule has 1 aromatic rings. The van der Waals surface area contributed by atoms with Crippen molar-refractivity contribution in [3.05, 3.63) is 23.9 Å². The molecular weight excluding hydrogens is 210 g/mol. The van der Waals surface area contributed by atoms with E-state index >= 15 is 0 Å². The van der Waals surface area contributed by atoms with Crippen LogP contribution in [-0.4, -0.2) is 28.5 Å². The number of nitrogens with one attached hydrogen (secondary N) is 1. The van der Waals surface area contributed by atoms with Crippen LogP contribution in [0.2, 0.25) is 0 Å². The van der Waals surface area contributed by atoms with Gasteiger partial charge < -0.3 is 16.2 Å². The van der Waals surface area contributed by atoms with E-state index < -0.39 is 5.97 Å². The summed E-state index contributed by atoms with van der Waals surface area (Å²) >= 11 is 0. The highest BCUT2D eigenvalue weighted by Gasteiger charge is 2.02. The molecular formula is C10H13N3O3. The fourth-order valence-corrected chi connectivity index (χ4v) is 1.10. The van der Waals surface area contributed by atoms with Crippen LogP contribution in [0.3, 0.4) is 0 Å². The van der Waals surface area contributed by atoms with Gasteiger partial charge in [-0.2, -0.15) is 0 Å². The number of hydrogen-bond donors (Lipinski definition) is 3. The number of carbonyl (C=O) groups is 2. The first-order chi connectivity index (χ1) is 7.59. The maximum Gasteiger partial charge on any atom is 0.337 e. The number of carbonyl (C=O) groups excluding carboxylic acids is 1. The van der Waals surface area contributed by atoms with Gasteiger partial charge in [-0.05, 0) is 18.6 Å². The Balaban J connectivity index is 2.38. The fourth-order valence-electron chi connectivity index (χ4n) is 1.10. The molecule has 0 spiro atoms. The third kappa shape index (κ3) is 3.95. The van der Waals surface area contributed by atoms with Crippen molar-refractivity contribution >= 4 is 17.7 Å². The molecule has 86 valence electrons. The van der Waals surface area contributed by atoms with Crippen LogP contribution >= 0.6 is 0 Å². The minimum absolute atomic E-state index is 0.141. The van der Waals surface area contributed by atoms with E-state index in [0.717, 1.165) is 0 Å². The number of nitrogens with zero attached hydrogens (tertiary/aromatic N) is 1. The van der Waals surface area contributed by atoms with Crippen LogP contribution in [0.5, 0.6) is 0 Å². The molecule has 0 unspecified atom stereocenters. The first kappa shape index (κ1) is 12.0. The molecule has 0 saturated heterocycles. The highest BCUT2D eigenvalue weighted by molar-refractivity contribution is 5.87. The van der Waals surface area contributed by atoms with Crippen LogP contribution in [0.4, 0.5) is 5.82 Å². The molecule has 0 saturated carbocycles. The minimum atomic E-state index is -1.01. The zero-order chi connectivity index (χ0) is 12.0. The van der Waals surface area contributed by atoms with E-state index in [9.17, 15) is 9.59 Å². The molecule has 1 amide bonds. The van der Waals surface area contributed by atoms with Gasteiger partial charge in [0.25, 0.3) is 0 Å². The Morgan fingerprint density at radius 1 is 1.44 bits per heavy atom. The van der Waals surface area contributed by atoms with E-state index in [2.05, 4.69) is 10.3 Å². The van der Waals surface area contributed by atoms with E-state index in [1.807, 2.05) is 0 Å². The van der Waals surface area contributed by atoms with Crippen molar-refractivity contribution in [3.63, 3.8) is 0 Å². The highest BCUT2D eigenvalue weighted by atomic mass is 16.4. The summed E-state index contributed by atoms with van der Waals surface area (Å²) in [4.78, 5) is 24.9. The number of rotatable bonds is 6. The Kier molecular flexibility index (Phi) is 4.26. The normalized spacial score (nSPS) is 9.75. The van der Waals surface area contributed by atoms with Crippen molar-refractivity contribution in [2.24, 2.45) is 5.73 Å². The van der Waals surface area contributed by atoms with Crippen LogP contribution in [0.1, 0.15) is 23.2 Å². The number of anilines is 1. The van der Waals surface area contributed by atoms with Gasteiger partial charge in [0, 0.05) is 19.2 Å². The van der Waals surface area contributed by atoms with Crippen LogP contribution in [-0.2, 0) is 4.79 Å². The molecule has 0 aromatic carbocycles. The second-order valence-electron chi connectivity index (χ2n) is 3.23. The predicted octanol–water partition coefficient (Wildman–Crippen LogP) is 0.457. The lowest BCUT2D eigenvalue weighted by molar-refractivity contribution is -0.118. The van der Waals surface area contributed by atoms with Crippen molar-refractivity contribution in [1.82, 2.24) is 4.98 Å². The fraction of sp³-hybridized carbons (Fsp3) is 0.300. The zero-order valence-electron chi connectivity index (χ0n) is 8.64. The predicted molar refractivity (Wildman–Crippen MR) is 58.1 cm³/mol. The Hall–Kier alpha value is -2.11. The lowest BCUT2D eigenvalue weighted by Crippen LogP contribution is -2.13. The molecule has 0 fully saturated rings. The standard InChI is InChI=1S/C10H13N3O3/c11-8(14)2-1-5-12-9-4-3-7(6-13-9)10(15)16/h3-4,6H,1-2,5H2,(H2,11,14)(H,12,13)(H,15,16). The second-order valence-corrected chi connectivity index (χ2v) is 3.23. The van der Waals surface area contributed by atoms with Crippen LogP contribution < -0.4 is 11.1 Å². The lowest BCUT2D eigenvalue weighted by atomic mass is 10.3. The molecule has 0 aliphatic rings. The molecule has 4 N–H and O–H groups in total. The third-order valence-electron chi connectivity index (χ3n) is 1.92. The molecule has 0 atom stereocenters. The number of aromatic nitrogens is 1. The average molecular weight is 223 g/mol. The second kappa shape index (κ2) is 5.69. The third-order valence-corrected chi connectivity index (χ3v) is 1.92. The van der Waals surface area contributed by atoms with Gasteiger partial charge in [-0.3, -0.25) is 4.79 Å². The number of carboxylic acids is 1. The summed E-state index contributed by atoms with van der Waals surface area (Å²) < 4.78 is 0. The largest absolute Gasteiger partial charge is 0.478 e. The van der Waals surface area contributed by atoms with Gasteiger partial charge in [0.15, 0.2) is 0 Å². The quantitative estimate of drug-likeness (QED) is 0.607. The Morgan fingerprint density at radius 3 is 2.69 bits per heavy atom. The molecule has 1 rings (SSSR count). The van der Waals surface area contributed by atoms with Gasteiger partial charge in [-0.25, -0.2) is 9.78 Å². The van der Waals surface area contributed by atoms with Crippen LogP contribution in [0.15, 0.2) is 18.3 Å². The monoisotopic (exact) mass is 223 g/mol. The number of primary amides is 1. The highest BCUT2D eigenvalue weighted by Crippen LogP contribution is 2.05. The number of aromatic carboxylic acids is 1. The molecule has 0 aliphatic heterocycles. The van der Waals surface area contributed by atoms with Gasteiger partial charge in [-0.15, -0.1) is 0 Å². The van der Waals surface area contributed by atoms with E-state index in [-0.39, 0.29) is 11.5 Å². The van der Waals surface area contributed by atoms with E-state index in [1.165, 1.54) is 12.3 Å². The maximum absolute atomic E-state index is 10.5. The van der Waals surface area contributed by atoms with Gasteiger partial charge in [0.2, 0.25) is 5.91 Å². The average Bonchev–Trinajstić information content (AvgIpc) is 2.25. The first-order valence-electron chi connectivity index (χ1n) is 4.81. The van der Waals surface area contributed by atoms with E-state index in [0.29, 0.717) is 25.2 Å². The summed E-state index contributed by atoms with van der Waals surface area (Å²) in [6.07, 6.45) is 2.22. The number of carboxylic acid groups (broad SMARTS) is 1. The Bertz CT molecular complexity index is 375. The summed E-state index contributed by atoms with van der Waals surface area (Å²) in [5.74, 6) is -0.766. The summed E-state index contributed by atoms with van der Waals surface area (Å²) in [7, 11) is 0. The SMILES string of the molecule is NC(=O)CCCNc1ccc(C(=O)O)cn1. The van der Waals surface area contributed by atoms with Gasteiger partial charge in [-0.1, -0.05) is 0 Å². The summed E-state index contributed by atoms with van der Waals surface area (Å²) in [5.41, 5.74) is 5.12. The smallest absolute Gasteiger partial charge is 0.337 e. The van der Waals surface area contributed by atoms with Crippen molar-refractivity contribution in [2.45, 2.75) is 12.8 Å². The van der Waals surface area contributed by atoms with Gasteiger partial charge in [0.1, 0.15) is 5.82 Å². The first-order valence-corrected chi connectivity index (χ1v) is 4.81. The molecule has 0 radical (unpaired) electrons. The molecule has 6 heteroatoms. The summed E-state index contributed by atoms with van der Waals surface area (Å²) in [5, 5.41) is 11.6. The van der Waals surface area contributed by atoms with Crippen molar-refractivity contribution < 1.29 is 14.7 Å². The Morgan fingerprint density at radius 2 is 2.19 bits per heavy atom. The van der Waals surface area contributed by atoms with E-state index in [1.54, 1.807) is 6.07 Å². The number of nitrogens with two attached hydrogens (primary N) is 1. The van der Waals surface area contributed by atoms with Crippen LogP contribution in [0.25, 0.3) is 0 Å².